The molecule has 2 heterocycles. The molecule has 8 nitrogen and oxygen atoms in total. The van der Waals surface area contributed by atoms with Crippen LogP contribution in [0.3, 0.4) is 0 Å². The minimum absolute atomic E-state index is 0.0973. The van der Waals surface area contributed by atoms with Gasteiger partial charge in [0.05, 0.1) is 12.2 Å². The van der Waals surface area contributed by atoms with Gasteiger partial charge in [0.15, 0.2) is 6.10 Å². The molecule has 1 aromatic carbocycles. The second-order valence-corrected chi connectivity index (χ2v) is 7.36. The van der Waals surface area contributed by atoms with Gasteiger partial charge < -0.3 is 24.4 Å². The Labute approximate surface area is 163 Å². The van der Waals surface area contributed by atoms with Crippen molar-refractivity contribution in [2.75, 3.05) is 24.3 Å². The topological polar surface area (TPSA) is 87.9 Å². The number of amides is 3. The third-order valence-electron chi connectivity index (χ3n) is 5.32. The predicted octanol–water partition coefficient (Wildman–Crippen LogP) is 2.96. The van der Waals surface area contributed by atoms with Gasteiger partial charge in [0.25, 0.3) is 5.91 Å². The number of hydrogen-bond donors (Lipinski definition) is 1. The standard InChI is InChI=1S/C20H24N4O4/c1-12-19(25)24(3)16-9-8-13(10-18(16)27-12)21-20(26)23(2)11-15-14-6-4-5-7-17(14)28-22-15/h8-10,12H,4-7,11H2,1-3H3,(H,21,26)/t12-/m0/s1. The molecule has 28 heavy (non-hydrogen) atoms. The van der Waals surface area contributed by atoms with Crippen molar-refractivity contribution in [1.29, 1.82) is 0 Å². The van der Waals surface area contributed by atoms with Crippen LogP contribution in [-0.2, 0) is 24.2 Å². The van der Waals surface area contributed by atoms with Crippen molar-refractivity contribution in [1.82, 2.24) is 10.1 Å². The van der Waals surface area contributed by atoms with Crippen LogP contribution in [0, 0.1) is 0 Å². The van der Waals surface area contributed by atoms with Crippen molar-refractivity contribution in [2.45, 2.75) is 45.3 Å². The van der Waals surface area contributed by atoms with Gasteiger partial charge in [-0.2, -0.15) is 0 Å². The number of nitrogens with one attached hydrogen (secondary N) is 1. The molecule has 148 valence electrons. The van der Waals surface area contributed by atoms with Gasteiger partial charge in [0.2, 0.25) is 0 Å². The van der Waals surface area contributed by atoms with E-state index in [-0.39, 0.29) is 11.9 Å². The Kier molecular flexibility index (Phi) is 4.70. The Morgan fingerprint density at radius 3 is 2.96 bits per heavy atom. The van der Waals surface area contributed by atoms with Crippen molar-refractivity contribution in [3.8, 4) is 5.75 Å². The lowest BCUT2D eigenvalue weighted by atomic mass is 9.96. The molecule has 1 aliphatic heterocycles. The van der Waals surface area contributed by atoms with Gasteiger partial charge >= 0.3 is 6.03 Å². The molecular weight excluding hydrogens is 360 g/mol. The lowest BCUT2D eigenvalue weighted by Crippen LogP contribution is -2.42. The Balaban J connectivity index is 1.44. The summed E-state index contributed by atoms with van der Waals surface area (Å²) in [6.07, 6.45) is 3.57. The molecule has 0 saturated heterocycles. The second kappa shape index (κ2) is 7.18. The van der Waals surface area contributed by atoms with Gasteiger partial charge in [-0.1, -0.05) is 5.16 Å². The van der Waals surface area contributed by atoms with Crippen LogP contribution in [-0.4, -0.2) is 42.2 Å². The minimum Gasteiger partial charge on any atom is -0.479 e. The maximum Gasteiger partial charge on any atom is 0.321 e. The fourth-order valence-corrected chi connectivity index (χ4v) is 3.68. The van der Waals surface area contributed by atoms with Gasteiger partial charge in [0.1, 0.15) is 17.2 Å². The van der Waals surface area contributed by atoms with Gasteiger partial charge in [-0.25, -0.2) is 4.79 Å². The van der Waals surface area contributed by atoms with Gasteiger partial charge in [-0.05, 0) is 38.3 Å². The fourth-order valence-electron chi connectivity index (χ4n) is 3.68. The lowest BCUT2D eigenvalue weighted by molar-refractivity contribution is -0.125. The van der Waals surface area contributed by atoms with Crippen LogP contribution in [0.1, 0.15) is 36.8 Å². The summed E-state index contributed by atoms with van der Waals surface area (Å²) in [5, 5.41) is 7.02. The zero-order valence-corrected chi connectivity index (χ0v) is 16.3. The average molecular weight is 384 g/mol. The molecule has 0 fully saturated rings. The second-order valence-electron chi connectivity index (χ2n) is 7.36. The van der Waals surface area contributed by atoms with Crippen molar-refractivity contribution >= 4 is 23.3 Å². The Morgan fingerprint density at radius 1 is 1.36 bits per heavy atom. The largest absolute Gasteiger partial charge is 0.479 e. The predicted molar refractivity (Wildman–Crippen MR) is 104 cm³/mol. The van der Waals surface area contributed by atoms with Crippen LogP contribution in [0.25, 0.3) is 0 Å². The molecule has 8 heteroatoms. The molecule has 2 aliphatic rings. The molecule has 1 atom stereocenters. The number of urea groups is 1. The molecular formula is C20H24N4O4. The Bertz CT molecular complexity index is 923. The van der Waals surface area contributed by atoms with Crippen molar-refractivity contribution in [2.24, 2.45) is 0 Å². The summed E-state index contributed by atoms with van der Waals surface area (Å²) in [6, 6.07) is 5.01. The number of aryl methyl sites for hydroxylation is 1. The lowest BCUT2D eigenvalue weighted by Gasteiger charge is -2.30. The molecule has 1 N–H and O–H groups in total. The van der Waals surface area contributed by atoms with E-state index in [4.69, 9.17) is 9.26 Å². The maximum absolute atomic E-state index is 12.6. The van der Waals surface area contributed by atoms with Crippen LogP contribution in [0.4, 0.5) is 16.2 Å². The van der Waals surface area contributed by atoms with E-state index in [9.17, 15) is 9.59 Å². The first kappa shape index (κ1) is 18.3. The number of anilines is 2. The number of nitrogens with zero attached hydrogens (tertiary/aromatic N) is 3. The molecule has 0 unspecified atom stereocenters. The number of aromatic nitrogens is 1. The summed E-state index contributed by atoms with van der Waals surface area (Å²) in [4.78, 5) is 27.8. The summed E-state index contributed by atoms with van der Waals surface area (Å²) in [5.74, 6) is 1.43. The Hall–Kier alpha value is -3.03. The van der Waals surface area contributed by atoms with Gasteiger partial charge in [-0.15, -0.1) is 0 Å². The van der Waals surface area contributed by atoms with E-state index < -0.39 is 6.10 Å². The van der Waals surface area contributed by atoms with Gasteiger partial charge in [-0.3, -0.25) is 4.79 Å². The first-order valence-corrected chi connectivity index (χ1v) is 9.50. The zero-order chi connectivity index (χ0) is 19.8. The van der Waals surface area contributed by atoms with Crippen LogP contribution in [0.2, 0.25) is 0 Å². The van der Waals surface area contributed by atoms with Crippen LogP contribution in [0.15, 0.2) is 22.7 Å². The summed E-state index contributed by atoms with van der Waals surface area (Å²) in [7, 11) is 3.44. The van der Waals surface area contributed by atoms with Gasteiger partial charge in [0, 0.05) is 37.8 Å². The van der Waals surface area contributed by atoms with E-state index in [1.807, 2.05) is 0 Å². The summed E-state index contributed by atoms with van der Waals surface area (Å²) in [5.41, 5.74) is 3.27. The van der Waals surface area contributed by atoms with E-state index in [0.717, 1.165) is 42.7 Å². The first-order chi connectivity index (χ1) is 13.4. The van der Waals surface area contributed by atoms with Crippen molar-refractivity contribution in [3.05, 3.63) is 35.2 Å². The SMILES string of the molecule is C[C@@H]1Oc2cc(NC(=O)N(C)Cc3noc4c3CCCC4)ccc2N(C)C1=O. The molecule has 0 spiro atoms. The van der Waals surface area contributed by atoms with Crippen molar-refractivity contribution in [3.63, 3.8) is 0 Å². The summed E-state index contributed by atoms with van der Waals surface area (Å²) >= 11 is 0. The smallest absolute Gasteiger partial charge is 0.321 e. The van der Waals surface area contributed by atoms with Crippen molar-refractivity contribution < 1.29 is 18.8 Å². The highest BCUT2D eigenvalue weighted by molar-refractivity contribution is 6.00. The third kappa shape index (κ3) is 3.30. The first-order valence-electron chi connectivity index (χ1n) is 9.50. The molecule has 4 rings (SSSR count). The molecule has 0 radical (unpaired) electrons. The van der Waals surface area contributed by atoms with Crippen LogP contribution >= 0.6 is 0 Å². The number of likely N-dealkylation sites (N-methyl/N-ethyl adjacent to an activating group) is 1. The number of fused-ring (bicyclic) bond motifs is 2. The number of rotatable bonds is 3. The normalized spacial score (nSPS) is 18.2. The van der Waals surface area contributed by atoms with E-state index in [2.05, 4.69) is 10.5 Å². The molecule has 1 aliphatic carbocycles. The van der Waals surface area contributed by atoms with Crippen LogP contribution in [0.5, 0.6) is 5.75 Å². The molecule has 0 bridgehead atoms. The summed E-state index contributed by atoms with van der Waals surface area (Å²) in [6.45, 7) is 2.10. The number of ether oxygens (including phenoxy) is 1. The number of hydrogen-bond acceptors (Lipinski definition) is 5. The molecule has 2 aromatic rings. The monoisotopic (exact) mass is 384 g/mol. The number of carbonyl (C=O) groups excluding carboxylic acids is 2. The minimum atomic E-state index is -0.551. The molecule has 3 amide bonds. The van der Waals surface area contributed by atoms with Crippen LogP contribution < -0.4 is 15.0 Å². The van der Waals surface area contributed by atoms with E-state index in [1.54, 1.807) is 49.0 Å². The quantitative estimate of drug-likeness (QED) is 0.879. The van der Waals surface area contributed by atoms with E-state index >= 15 is 0 Å². The third-order valence-corrected chi connectivity index (χ3v) is 5.32. The highest BCUT2D eigenvalue weighted by Gasteiger charge is 2.29. The number of benzene rings is 1. The highest BCUT2D eigenvalue weighted by Crippen LogP contribution is 2.35. The Morgan fingerprint density at radius 2 is 2.14 bits per heavy atom. The highest BCUT2D eigenvalue weighted by atomic mass is 16.5. The number of carbonyl (C=O) groups is 2. The van der Waals surface area contributed by atoms with E-state index in [0.29, 0.717) is 23.7 Å². The van der Waals surface area contributed by atoms with E-state index in [1.165, 1.54) is 0 Å². The molecule has 1 aromatic heterocycles. The zero-order valence-electron chi connectivity index (χ0n) is 16.3. The molecule has 0 saturated carbocycles. The summed E-state index contributed by atoms with van der Waals surface area (Å²) < 4.78 is 11.1. The average Bonchev–Trinajstić information content (AvgIpc) is 3.09. The fraction of sp³-hybridized carbons (Fsp3) is 0.450. The maximum atomic E-state index is 12.6.